The van der Waals surface area contributed by atoms with E-state index in [1.165, 1.54) is 82.6 Å². The molecule has 12 rings (SSSR count). The molecule has 3 aromatic heterocycles. The Bertz CT molecular complexity index is 3090. The van der Waals surface area contributed by atoms with E-state index < -0.39 is 0 Å². The lowest BCUT2D eigenvalue weighted by atomic mass is 9.80. The normalized spacial score (nSPS) is 14.7. The molecule has 51 heavy (non-hydrogen) atoms. The summed E-state index contributed by atoms with van der Waals surface area (Å²) < 4.78 is 4.90. The first-order valence-electron chi connectivity index (χ1n) is 18.0. The molecule has 2 aliphatic carbocycles. The number of hydrogen-bond acceptors (Lipinski definition) is 1. The molecule has 0 fully saturated rings. The number of nitrogens with zero attached hydrogens (tertiary/aromatic N) is 3. The van der Waals surface area contributed by atoms with Gasteiger partial charge in [-0.25, -0.2) is 4.98 Å². The zero-order valence-corrected chi connectivity index (χ0v) is 27.8. The summed E-state index contributed by atoms with van der Waals surface area (Å²) in [5, 5.41) is 7.48. The van der Waals surface area contributed by atoms with Crippen molar-refractivity contribution in [3.63, 3.8) is 0 Å². The van der Waals surface area contributed by atoms with Crippen LogP contribution in [0.15, 0.2) is 158 Å². The van der Waals surface area contributed by atoms with Crippen LogP contribution in [0, 0.1) is 0 Å². The van der Waals surface area contributed by atoms with Crippen molar-refractivity contribution >= 4 is 54.5 Å². The number of fused-ring (bicyclic) bond motifs is 17. The lowest BCUT2D eigenvalue weighted by Crippen LogP contribution is -2.05. The van der Waals surface area contributed by atoms with Gasteiger partial charge < -0.3 is 4.57 Å². The minimum Gasteiger partial charge on any atom is -0.308 e. The third kappa shape index (κ3) is 3.60. The van der Waals surface area contributed by atoms with Gasteiger partial charge in [0.15, 0.2) is 0 Å². The predicted molar refractivity (Wildman–Crippen MR) is 211 cm³/mol. The van der Waals surface area contributed by atoms with Crippen molar-refractivity contribution in [2.75, 3.05) is 0 Å². The molecule has 2 bridgehead atoms. The van der Waals surface area contributed by atoms with Gasteiger partial charge in [-0.2, -0.15) is 0 Å². The fourth-order valence-electron chi connectivity index (χ4n) is 9.68. The lowest BCUT2D eigenvalue weighted by Gasteiger charge is -2.25. The van der Waals surface area contributed by atoms with Crippen molar-refractivity contribution in [2.24, 2.45) is 0 Å². The minimum absolute atomic E-state index is 0.365. The molecule has 1 unspecified atom stereocenters. The van der Waals surface area contributed by atoms with Gasteiger partial charge >= 0.3 is 0 Å². The molecule has 0 saturated heterocycles. The first-order chi connectivity index (χ1) is 25.3. The molecule has 3 nitrogen and oxygen atoms in total. The van der Waals surface area contributed by atoms with Crippen molar-refractivity contribution in [2.45, 2.75) is 18.8 Å². The third-order valence-corrected chi connectivity index (χ3v) is 11.7. The van der Waals surface area contributed by atoms with E-state index in [4.69, 9.17) is 4.98 Å². The second-order valence-electron chi connectivity index (χ2n) is 14.2. The summed E-state index contributed by atoms with van der Waals surface area (Å²) in [6, 6.07) is 56.4. The number of para-hydroxylation sites is 1. The summed E-state index contributed by atoms with van der Waals surface area (Å²) in [7, 11) is 0. The van der Waals surface area contributed by atoms with Crippen LogP contribution < -0.4 is 0 Å². The fourth-order valence-corrected chi connectivity index (χ4v) is 9.68. The van der Waals surface area contributed by atoms with Crippen LogP contribution in [0.2, 0.25) is 0 Å². The topological polar surface area (TPSA) is 22.8 Å². The van der Waals surface area contributed by atoms with Crippen LogP contribution in [-0.4, -0.2) is 14.1 Å². The highest BCUT2D eigenvalue weighted by atomic mass is 15.0. The molecule has 3 heterocycles. The summed E-state index contributed by atoms with van der Waals surface area (Å²) in [4.78, 5) is 4.92. The molecule has 238 valence electrons. The smallest absolute Gasteiger partial charge is 0.145 e. The quantitative estimate of drug-likeness (QED) is 0.183. The highest BCUT2D eigenvalue weighted by molar-refractivity contribution is 6.23. The Balaban J connectivity index is 1.29. The van der Waals surface area contributed by atoms with Crippen LogP contribution in [-0.2, 0) is 6.42 Å². The van der Waals surface area contributed by atoms with Crippen LogP contribution in [0.1, 0.15) is 29.0 Å². The Hall–Kier alpha value is -6.45. The van der Waals surface area contributed by atoms with Crippen molar-refractivity contribution in [1.82, 2.24) is 14.1 Å². The van der Waals surface area contributed by atoms with Crippen molar-refractivity contribution in [3.8, 4) is 33.6 Å². The van der Waals surface area contributed by atoms with Gasteiger partial charge in [-0.3, -0.25) is 4.57 Å². The van der Waals surface area contributed by atoms with E-state index in [-0.39, 0.29) is 0 Å². The van der Waals surface area contributed by atoms with E-state index in [0.717, 1.165) is 35.1 Å². The monoisotopic (exact) mass is 649 g/mol. The van der Waals surface area contributed by atoms with Crippen LogP contribution in [0.4, 0.5) is 0 Å². The van der Waals surface area contributed by atoms with E-state index in [9.17, 15) is 0 Å². The number of hydrogen-bond donors (Lipinski definition) is 0. The standard InChI is InChI=1S/C48H31N3/c1-2-12-30(13-3-1)50-44-25-21-31(27-42(44)40-19-10-26-49-48(40)50)51-46-32-14-5-4-11-29(32)20-22-39(46)43-28-41-35-17-7-6-15-33(35)36-23-24-38(41)45(47(43)51)37-18-9-8-16-34(36)37/h1-22,25-28,36H,23-24H2. The molecule has 0 radical (unpaired) electrons. The summed E-state index contributed by atoms with van der Waals surface area (Å²) in [6.45, 7) is 0. The third-order valence-electron chi connectivity index (χ3n) is 11.7. The molecule has 1 atom stereocenters. The number of rotatable bonds is 2. The Morgan fingerprint density at radius 2 is 1.25 bits per heavy atom. The second kappa shape index (κ2) is 10.1. The molecule has 10 aromatic rings. The van der Waals surface area contributed by atoms with Gasteiger partial charge in [0.2, 0.25) is 0 Å². The van der Waals surface area contributed by atoms with Crippen LogP contribution in [0.5, 0.6) is 0 Å². The Morgan fingerprint density at radius 3 is 2.16 bits per heavy atom. The summed E-state index contributed by atoms with van der Waals surface area (Å²) in [5.74, 6) is 0.365. The highest BCUT2D eigenvalue weighted by Gasteiger charge is 2.34. The highest BCUT2D eigenvalue weighted by Crippen LogP contribution is 2.54. The molecule has 0 amide bonds. The van der Waals surface area contributed by atoms with E-state index in [2.05, 4.69) is 161 Å². The van der Waals surface area contributed by atoms with Gasteiger partial charge in [0.05, 0.1) is 16.6 Å². The maximum absolute atomic E-state index is 4.92. The molecule has 3 heteroatoms. The van der Waals surface area contributed by atoms with Crippen LogP contribution >= 0.6 is 0 Å². The van der Waals surface area contributed by atoms with Crippen molar-refractivity contribution < 1.29 is 0 Å². The molecule has 0 spiro atoms. The van der Waals surface area contributed by atoms with Crippen LogP contribution in [0.25, 0.3) is 88.1 Å². The first-order valence-corrected chi connectivity index (χ1v) is 18.0. The van der Waals surface area contributed by atoms with E-state index in [0.29, 0.717) is 5.92 Å². The first kappa shape index (κ1) is 27.4. The Labute approximate surface area is 294 Å². The molecule has 2 aliphatic rings. The predicted octanol–water partition coefficient (Wildman–Crippen LogP) is 12.2. The Kier molecular flexibility index (Phi) is 5.40. The molecule has 0 saturated carbocycles. The number of pyridine rings is 1. The minimum atomic E-state index is 0.365. The summed E-state index contributed by atoms with van der Waals surface area (Å²) >= 11 is 0. The van der Waals surface area contributed by atoms with Crippen molar-refractivity contribution in [3.05, 3.63) is 175 Å². The van der Waals surface area contributed by atoms with Crippen LogP contribution in [0.3, 0.4) is 0 Å². The van der Waals surface area contributed by atoms with Gasteiger partial charge in [0, 0.05) is 56.0 Å². The van der Waals surface area contributed by atoms with Gasteiger partial charge in [0.1, 0.15) is 5.65 Å². The fraction of sp³-hybridized carbons (Fsp3) is 0.0625. The molecular formula is C48H31N3. The largest absolute Gasteiger partial charge is 0.308 e. The zero-order valence-electron chi connectivity index (χ0n) is 27.8. The van der Waals surface area contributed by atoms with Gasteiger partial charge in [-0.05, 0) is 100 Å². The average molecular weight is 650 g/mol. The average Bonchev–Trinajstić information content (AvgIpc) is 3.57. The van der Waals surface area contributed by atoms with E-state index in [1.807, 2.05) is 6.20 Å². The summed E-state index contributed by atoms with van der Waals surface area (Å²) in [6.07, 6.45) is 4.06. The molecular weight excluding hydrogens is 619 g/mol. The van der Waals surface area contributed by atoms with Gasteiger partial charge in [0.25, 0.3) is 0 Å². The van der Waals surface area contributed by atoms with Gasteiger partial charge in [-0.15, -0.1) is 0 Å². The maximum Gasteiger partial charge on any atom is 0.145 e. The van der Waals surface area contributed by atoms with E-state index >= 15 is 0 Å². The van der Waals surface area contributed by atoms with Crippen molar-refractivity contribution in [1.29, 1.82) is 0 Å². The summed E-state index contributed by atoms with van der Waals surface area (Å²) in [5.41, 5.74) is 16.9. The maximum atomic E-state index is 4.92. The lowest BCUT2D eigenvalue weighted by molar-refractivity contribution is 0.736. The zero-order chi connectivity index (χ0) is 33.2. The van der Waals surface area contributed by atoms with E-state index in [1.54, 1.807) is 0 Å². The van der Waals surface area contributed by atoms with Gasteiger partial charge in [-0.1, -0.05) is 103 Å². The Morgan fingerprint density at radius 1 is 0.490 bits per heavy atom. The number of benzene rings is 7. The molecule has 0 aliphatic heterocycles. The SMILES string of the molecule is c1ccc(-n2c3ccc(-n4c5c6c7c(cc5c5ccc8ccccc8c54)-c4ccccc4C(CC7)c4ccccc4-6)cc3c3cccnc32)cc1. The molecule has 0 N–H and O–H groups in total. The second-order valence-corrected chi connectivity index (χ2v) is 14.2. The number of aromatic nitrogens is 3. The molecule has 7 aromatic carbocycles.